The lowest BCUT2D eigenvalue weighted by Crippen LogP contribution is -2.69. The van der Waals surface area contributed by atoms with Crippen LogP contribution in [0.3, 0.4) is 0 Å². The van der Waals surface area contributed by atoms with Crippen molar-refractivity contribution in [1.29, 1.82) is 0 Å². The first kappa shape index (κ1) is 24.6. The molecule has 5 heteroatoms. The molecule has 10 atom stereocenters. The lowest BCUT2D eigenvalue weighted by molar-refractivity contribution is -0.264. The number of rotatable bonds is 2. The van der Waals surface area contributed by atoms with Crippen LogP contribution in [-0.4, -0.2) is 32.0 Å². The molecule has 0 bridgehead atoms. The number of Topliss-reactive ketones (excluding diaryl/α,β-unsaturated/α-hetero) is 1. The van der Waals surface area contributed by atoms with Gasteiger partial charge >= 0.3 is 0 Å². The summed E-state index contributed by atoms with van der Waals surface area (Å²) in [5.74, 6) is 2.94. The molecule has 2 aromatic rings. The fraction of sp³-hybridized carbons (Fsp3) is 0.774. The average Bonchev–Trinajstić information content (AvgIpc) is 3.23. The van der Waals surface area contributed by atoms with Gasteiger partial charge in [0.15, 0.2) is 0 Å². The van der Waals surface area contributed by atoms with Crippen molar-refractivity contribution in [3.8, 4) is 0 Å². The molecule has 6 unspecified atom stereocenters. The number of hydrogen-bond donors (Lipinski definition) is 1. The first-order chi connectivity index (χ1) is 16.9. The van der Waals surface area contributed by atoms with Gasteiger partial charge in [-0.25, -0.2) is 0 Å². The second-order valence-corrected chi connectivity index (χ2v) is 14.3. The molecule has 0 amide bonds. The van der Waals surface area contributed by atoms with Gasteiger partial charge in [0.1, 0.15) is 16.8 Å². The van der Waals surface area contributed by atoms with Gasteiger partial charge in [-0.1, -0.05) is 53.7 Å². The van der Waals surface area contributed by atoms with Gasteiger partial charge in [-0.3, -0.25) is 4.79 Å². The number of aliphatic hydroxyl groups is 1. The summed E-state index contributed by atoms with van der Waals surface area (Å²) in [5, 5.41) is 21.7. The zero-order valence-corrected chi connectivity index (χ0v) is 23.1. The number of aromatic nitrogens is 3. The highest BCUT2D eigenvalue weighted by molar-refractivity contribution is 5.79. The second-order valence-electron chi connectivity index (χ2n) is 14.3. The molecule has 1 aromatic heterocycles. The van der Waals surface area contributed by atoms with E-state index in [1.807, 2.05) is 29.1 Å². The van der Waals surface area contributed by atoms with E-state index in [1.165, 1.54) is 12.8 Å². The summed E-state index contributed by atoms with van der Waals surface area (Å²) < 4.78 is 0. The van der Waals surface area contributed by atoms with Gasteiger partial charge < -0.3 is 5.11 Å². The highest BCUT2D eigenvalue weighted by atomic mass is 16.3. The van der Waals surface area contributed by atoms with Crippen LogP contribution in [0, 0.1) is 51.2 Å². The molecule has 1 N–H and O–H groups in total. The van der Waals surface area contributed by atoms with Gasteiger partial charge in [-0.15, -0.1) is 0 Å². The maximum atomic E-state index is 12.5. The summed E-state index contributed by atoms with van der Waals surface area (Å²) in [7, 11) is 0. The Hall–Kier alpha value is -1.75. The van der Waals surface area contributed by atoms with E-state index < -0.39 is 0 Å². The van der Waals surface area contributed by atoms with Gasteiger partial charge in [0.25, 0.3) is 0 Å². The van der Waals surface area contributed by atoms with Crippen molar-refractivity contribution in [2.24, 2.45) is 51.2 Å². The Bertz CT molecular complexity index is 1160. The number of benzene rings is 1. The van der Waals surface area contributed by atoms with Crippen LogP contribution in [0.1, 0.15) is 86.5 Å². The fourth-order valence-corrected chi connectivity index (χ4v) is 10.4. The molecule has 4 aliphatic rings. The predicted molar refractivity (Wildman–Crippen MR) is 142 cm³/mol. The van der Waals surface area contributed by atoms with E-state index in [-0.39, 0.29) is 27.8 Å². The standard InChI is InChI=1S/C31H45N3O2/c1-19-15-24-22-12-13-28(3,18-34-32-25-9-7-8-10-26(25)33-34)20(2)29(22,4)17-27(36)31(24,6)30(5)14-11-21(35)16-23(19)30/h7-10,19-20,22-24,27,36H,11-18H2,1-6H3/t19?,20-,22?,23?,24?,27-,28?,29+,30-,31?/m0/s1. The maximum absolute atomic E-state index is 12.5. The Kier molecular flexibility index (Phi) is 5.38. The minimum atomic E-state index is -0.327. The van der Waals surface area contributed by atoms with Crippen molar-refractivity contribution < 1.29 is 9.90 Å². The summed E-state index contributed by atoms with van der Waals surface area (Å²) in [4.78, 5) is 14.4. The smallest absolute Gasteiger partial charge is 0.133 e. The van der Waals surface area contributed by atoms with E-state index in [0.717, 1.165) is 36.8 Å². The SMILES string of the molecule is CC1CC2C3CCC(C)(Cn4nc5ccccc5n4)[C@H](C)[C@@]3(C)C[C@H](O)C2(C)[C@@]2(C)CCC(=O)CC12. The second kappa shape index (κ2) is 7.88. The van der Waals surface area contributed by atoms with Crippen LogP contribution >= 0.6 is 0 Å². The van der Waals surface area contributed by atoms with E-state index in [4.69, 9.17) is 10.2 Å². The number of carbonyl (C=O) groups is 1. The maximum Gasteiger partial charge on any atom is 0.133 e. The van der Waals surface area contributed by atoms with Crippen LogP contribution in [0.4, 0.5) is 0 Å². The van der Waals surface area contributed by atoms with E-state index in [2.05, 4.69) is 41.5 Å². The molecule has 0 radical (unpaired) electrons. The molecule has 1 aromatic carbocycles. The van der Waals surface area contributed by atoms with Crippen LogP contribution < -0.4 is 0 Å². The van der Waals surface area contributed by atoms with Crippen molar-refractivity contribution in [3.63, 3.8) is 0 Å². The van der Waals surface area contributed by atoms with Crippen LogP contribution in [0.2, 0.25) is 0 Å². The molecule has 6 rings (SSSR count). The van der Waals surface area contributed by atoms with E-state index in [1.54, 1.807) is 0 Å². The van der Waals surface area contributed by atoms with Crippen LogP contribution in [0.15, 0.2) is 24.3 Å². The quantitative estimate of drug-likeness (QED) is 0.536. The lowest BCUT2D eigenvalue weighted by Gasteiger charge is -2.72. The van der Waals surface area contributed by atoms with Crippen molar-refractivity contribution in [2.75, 3.05) is 0 Å². The molecule has 0 spiro atoms. The first-order valence-electron chi connectivity index (χ1n) is 14.4. The van der Waals surface area contributed by atoms with Crippen LogP contribution in [-0.2, 0) is 11.3 Å². The third kappa shape index (κ3) is 3.13. The Morgan fingerprint density at radius 2 is 1.67 bits per heavy atom. The summed E-state index contributed by atoms with van der Waals surface area (Å²) >= 11 is 0. The zero-order valence-electron chi connectivity index (χ0n) is 23.1. The third-order valence-electron chi connectivity index (χ3n) is 13.1. The van der Waals surface area contributed by atoms with Crippen LogP contribution in [0.5, 0.6) is 0 Å². The number of ketones is 1. The molecule has 0 saturated heterocycles. The molecule has 5 nitrogen and oxygen atoms in total. The largest absolute Gasteiger partial charge is 0.393 e. The van der Waals surface area contributed by atoms with Gasteiger partial charge in [0.05, 0.1) is 12.6 Å². The zero-order chi connectivity index (χ0) is 25.7. The van der Waals surface area contributed by atoms with Gasteiger partial charge in [0, 0.05) is 18.3 Å². The minimum Gasteiger partial charge on any atom is -0.393 e. The number of nitrogens with zero attached hydrogens (tertiary/aromatic N) is 3. The molecule has 4 aliphatic carbocycles. The van der Waals surface area contributed by atoms with Crippen molar-refractivity contribution >= 4 is 16.8 Å². The lowest BCUT2D eigenvalue weighted by atomic mass is 9.33. The Morgan fingerprint density at radius 3 is 2.33 bits per heavy atom. The van der Waals surface area contributed by atoms with Gasteiger partial charge in [-0.2, -0.15) is 15.0 Å². The predicted octanol–water partition coefficient (Wildman–Crippen LogP) is 6.29. The topological polar surface area (TPSA) is 68.0 Å². The molecule has 36 heavy (non-hydrogen) atoms. The Morgan fingerprint density at radius 1 is 1.00 bits per heavy atom. The number of aliphatic hydroxyl groups excluding tert-OH is 1. The van der Waals surface area contributed by atoms with Gasteiger partial charge in [0.2, 0.25) is 0 Å². The monoisotopic (exact) mass is 491 g/mol. The van der Waals surface area contributed by atoms with Crippen molar-refractivity contribution in [1.82, 2.24) is 15.0 Å². The minimum absolute atomic E-state index is 0.0348. The summed E-state index contributed by atoms with van der Waals surface area (Å²) in [6.07, 6.45) is 6.41. The molecule has 0 aliphatic heterocycles. The Balaban J connectivity index is 1.33. The molecule has 196 valence electrons. The summed E-state index contributed by atoms with van der Waals surface area (Å²) in [5.41, 5.74) is 2.00. The van der Waals surface area contributed by atoms with E-state index in [0.29, 0.717) is 48.2 Å². The van der Waals surface area contributed by atoms with Gasteiger partial charge in [-0.05, 0) is 90.1 Å². The number of hydrogen-bond acceptors (Lipinski definition) is 4. The van der Waals surface area contributed by atoms with E-state index >= 15 is 0 Å². The van der Waals surface area contributed by atoms with E-state index in [9.17, 15) is 9.90 Å². The summed E-state index contributed by atoms with van der Waals surface area (Å²) in [6, 6.07) is 8.13. The molecule has 4 saturated carbocycles. The average molecular weight is 492 g/mol. The first-order valence-corrected chi connectivity index (χ1v) is 14.4. The highest BCUT2D eigenvalue weighted by Crippen LogP contribution is 2.73. The number of fused-ring (bicyclic) bond motifs is 6. The number of carbonyl (C=O) groups excluding carboxylic acids is 1. The molecule has 4 fully saturated rings. The summed E-state index contributed by atoms with van der Waals surface area (Å²) in [6.45, 7) is 15.4. The Labute approximate surface area is 216 Å². The van der Waals surface area contributed by atoms with Crippen molar-refractivity contribution in [2.45, 2.75) is 99.1 Å². The molecule has 1 heterocycles. The normalized spacial score (nSPS) is 48.8. The third-order valence-corrected chi connectivity index (χ3v) is 13.1. The fourth-order valence-electron chi connectivity index (χ4n) is 10.4. The highest BCUT2D eigenvalue weighted by Gasteiger charge is 2.70. The molecular weight excluding hydrogens is 446 g/mol. The van der Waals surface area contributed by atoms with Crippen molar-refractivity contribution in [3.05, 3.63) is 24.3 Å². The molecular formula is C31H45N3O2. The van der Waals surface area contributed by atoms with Crippen LogP contribution in [0.25, 0.3) is 11.0 Å².